The summed E-state index contributed by atoms with van der Waals surface area (Å²) < 4.78 is 4.56. The first-order chi connectivity index (χ1) is 23.7. The normalized spacial score (nSPS) is 11.3. The highest BCUT2D eigenvalue weighted by Crippen LogP contribution is 2.40. The average Bonchev–Trinajstić information content (AvgIpc) is 3.67. The Bertz CT molecular complexity index is 2690. The minimum Gasteiger partial charge on any atom is -0.309 e. The van der Waals surface area contributed by atoms with Crippen molar-refractivity contribution in [2.24, 2.45) is 0 Å². The van der Waals surface area contributed by atoms with Gasteiger partial charge in [0.25, 0.3) is 0 Å². The summed E-state index contributed by atoms with van der Waals surface area (Å²) in [6, 6.07) is 58.8. The maximum atomic E-state index is 10.4. The van der Waals surface area contributed by atoms with Gasteiger partial charge >= 0.3 is 0 Å². The third kappa shape index (κ3) is 4.07. The average molecular weight is 611 g/mol. The lowest BCUT2D eigenvalue weighted by Gasteiger charge is -2.17. The van der Waals surface area contributed by atoms with E-state index in [1.807, 2.05) is 18.2 Å². The van der Waals surface area contributed by atoms with E-state index in [0.717, 1.165) is 55.7 Å². The lowest BCUT2D eigenvalue weighted by atomic mass is 9.90. The van der Waals surface area contributed by atoms with Gasteiger partial charge in [-0.1, -0.05) is 103 Å². The number of aromatic nitrogens is 2. The highest BCUT2D eigenvalue weighted by molar-refractivity contribution is 6.10. The van der Waals surface area contributed by atoms with Gasteiger partial charge in [-0.25, -0.2) is 0 Å². The van der Waals surface area contributed by atoms with Gasteiger partial charge in [0.2, 0.25) is 0 Å². The van der Waals surface area contributed by atoms with Gasteiger partial charge in [-0.2, -0.15) is 10.5 Å². The number of para-hydroxylation sites is 5. The van der Waals surface area contributed by atoms with Crippen LogP contribution >= 0.6 is 0 Å². The Labute approximate surface area is 277 Å². The minimum atomic E-state index is 0.463. The first-order valence-electron chi connectivity index (χ1n) is 15.9. The Balaban J connectivity index is 1.23. The molecule has 0 radical (unpaired) electrons. The molecular formula is C44H26N4. The lowest BCUT2D eigenvalue weighted by molar-refractivity contribution is 1.18. The van der Waals surface area contributed by atoms with E-state index < -0.39 is 0 Å². The summed E-state index contributed by atoms with van der Waals surface area (Å²) in [5.74, 6) is 0. The van der Waals surface area contributed by atoms with Crippen LogP contribution in [-0.2, 0) is 0 Å². The fourth-order valence-corrected chi connectivity index (χ4v) is 7.32. The summed E-state index contributed by atoms with van der Waals surface area (Å²) in [4.78, 5) is 0. The highest BCUT2D eigenvalue weighted by Gasteiger charge is 2.19. The van der Waals surface area contributed by atoms with Crippen LogP contribution in [0.3, 0.4) is 0 Å². The third-order valence-corrected chi connectivity index (χ3v) is 9.43. The molecule has 0 unspecified atom stereocenters. The molecule has 0 saturated heterocycles. The Morgan fingerprint density at radius 2 is 0.812 bits per heavy atom. The van der Waals surface area contributed by atoms with E-state index in [9.17, 15) is 10.5 Å². The zero-order chi connectivity index (χ0) is 32.2. The third-order valence-electron chi connectivity index (χ3n) is 9.43. The molecule has 9 aromatic rings. The predicted molar refractivity (Wildman–Crippen MR) is 195 cm³/mol. The fourth-order valence-electron chi connectivity index (χ4n) is 7.32. The van der Waals surface area contributed by atoms with Gasteiger partial charge in [-0.05, 0) is 60.2 Å². The van der Waals surface area contributed by atoms with Gasteiger partial charge in [0.1, 0.15) is 0 Å². The molecule has 0 aliphatic heterocycles. The van der Waals surface area contributed by atoms with Gasteiger partial charge in [0.15, 0.2) is 0 Å². The smallest absolute Gasteiger partial charge is 0.0998 e. The van der Waals surface area contributed by atoms with Crippen LogP contribution in [-0.4, -0.2) is 9.13 Å². The second kappa shape index (κ2) is 10.9. The zero-order valence-corrected chi connectivity index (χ0v) is 25.8. The Morgan fingerprint density at radius 3 is 1.33 bits per heavy atom. The number of nitriles is 2. The van der Waals surface area contributed by atoms with E-state index in [1.165, 1.54) is 21.5 Å². The molecule has 0 atom stereocenters. The molecular weight excluding hydrogens is 585 g/mol. The molecule has 0 fully saturated rings. The number of nitrogens with zero attached hydrogens (tertiary/aromatic N) is 4. The van der Waals surface area contributed by atoms with E-state index in [0.29, 0.717) is 11.1 Å². The maximum absolute atomic E-state index is 10.4. The molecule has 0 spiro atoms. The summed E-state index contributed by atoms with van der Waals surface area (Å²) >= 11 is 0. The molecule has 4 nitrogen and oxygen atoms in total. The fraction of sp³-hybridized carbons (Fsp3) is 0. The van der Waals surface area contributed by atoms with Crippen LogP contribution in [0.15, 0.2) is 158 Å². The summed E-state index contributed by atoms with van der Waals surface area (Å²) in [5.41, 5.74) is 10.8. The first-order valence-corrected chi connectivity index (χ1v) is 15.9. The Kier molecular flexibility index (Phi) is 6.22. The SMILES string of the molecule is N#Cc1cc(C#N)c(-c2ccccc2-n2c3ccccc3c3ccccc32)cc1-c1ccc(-n2c3ccccc3c3ccccc32)cc1. The summed E-state index contributed by atoms with van der Waals surface area (Å²) in [6.07, 6.45) is 0. The van der Waals surface area contributed by atoms with Crippen LogP contribution in [0.1, 0.15) is 11.1 Å². The van der Waals surface area contributed by atoms with Crippen LogP contribution in [0.2, 0.25) is 0 Å². The van der Waals surface area contributed by atoms with Crippen molar-refractivity contribution in [3.8, 4) is 45.8 Å². The van der Waals surface area contributed by atoms with E-state index >= 15 is 0 Å². The minimum absolute atomic E-state index is 0.463. The van der Waals surface area contributed by atoms with Crippen molar-refractivity contribution in [3.05, 3.63) is 169 Å². The van der Waals surface area contributed by atoms with Crippen LogP contribution in [0.25, 0.3) is 77.2 Å². The van der Waals surface area contributed by atoms with Crippen molar-refractivity contribution in [3.63, 3.8) is 0 Å². The van der Waals surface area contributed by atoms with E-state index in [1.54, 1.807) is 6.07 Å². The molecule has 0 aliphatic rings. The van der Waals surface area contributed by atoms with Crippen molar-refractivity contribution < 1.29 is 0 Å². The van der Waals surface area contributed by atoms with E-state index in [-0.39, 0.29) is 0 Å². The lowest BCUT2D eigenvalue weighted by Crippen LogP contribution is -1.99. The number of hydrogen-bond acceptors (Lipinski definition) is 2. The Morgan fingerprint density at radius 1 is 0.375 bits per heavy atom. The van der Waals surface area contributed by atoms with Crippen LogP contribution < -0.4 is 0 Å². The largest absolute Gasteiger partial charge is 0.309 e. The molecule has 0 aliphatic carbocycles. The van der Waals surface area contributed by atoms with E-state index in [2.05, 4.69) is 155 Å². The molecule has 2 aromatic heterocycles. The van der Waals surface area contributed by atoms with Crippen molar-refractivity contribution in [1.29, 1.82) is 10.5 Å². The zero-order valence-electron chi connectivity index (χ0n) is 25.8. The van der Waals surface area contributed by atoms with Gasteiger partial charge in [0.05, 0.1) is 51.0 Å². The van der Waals surface area contributed by atoms with Crippen molar-refractivity contribution in [2.45, 2.75) is 0 Å². The Hall–Kier alpha value is -6.88. The van der Waals surface area contributed by atoms with E-state index in [4.69, 9.17) is 0 Å². The molecule has 0 amide bonds. The molecule has 222 valence electrons. The molecule has 48 heavy (non-hydrogen) atoms. The highest BCUT2D eigenvalue weighted by atomic mass is 15.0. The van der Waals surface area contributed by atoms with Gasteiger partial charge in [-0.3, -0.25) is 0 Å². The number of fused-ring (bicyclic) bond motifs is 6. The molecule has 9 rings (SSSR count). The topological polar surface area (TPSA) is 57.4 Å². The predicted octanol–water partition coefficient (Wildman–Crippen LogP) is 11.0. The molecule has 2 heterocycles. The van der Waals surface area contributed by atoms with Crippen LogP contribution in [0.5, 0.6) is 0 Å². The molecule has 0 saturated carbocycles. The number of rotatable bonds is 4. The van der Waals surface area contributed by atoms with Crippen LogP contribution in [0, 0.1) is 22.7 Å². The van der Waals surface area contributed by atoms with Gasteiger partial charge < -0.3 is 9.13 Å². The van der Waals surface area contributed by atoms with Gasteiger partial charge in [0, 0.05) is 43.9 Å². The van der Waals surface area contributed by atoms with Crippen molar-refractivity contribution >= 4 is 43.6 Å². The molecule has 4 heteroatoms. The van der Waals surface area contributed by atoms with Crippen molar-refractivity contribution in [2.75, 3.05) is 0 Å². The second-order valence-corrected chi connectivity index (χ2v) is 12.0. The second-order valence-electron chi connectivity index (χ2n) is 12.0. The summed E-state index contributed by atoms with van der Waals surface area (Å²) in [7, 11) is 0. The number of benzene rings is 7. The molecule has 7 aromatic carbocycles. The van der Waals surface area contributed by atoms with Crippen LogP contribution in [0.4, 0.5) is 0 Å². The monoisotopic (exact) mass is 610 g/mol. The summed E-state index contributed by atoms with van der Waals surface area (Å²) in [6.45, 7) is 0. The first kappa shape index (κ1) is 27.4. The molecule has 0 bridgehead atoms. The maximum Gasteiger partial charge on any atom is 0.0998 e. The number of hydrogen-bond donors (Lipinski definition) is 0. The van der Waals surface area contributed by atoms with Gasteiger partial charge in [-0.15, -0.1) is 0 Å². The standard InChI is InChI=1S/C44H26N4/c45-27-30-25-31(28-46)39(37-15-5-10-20-44(37)48-42-18-8-3-13-35(42)36-14-4-9-19-43(36)48)26-38(30)29-21-23-32(24-22-29)47-40-16-6-1-11-33(40)34-12-2-7-17-41(34)47/h1-26H. The van der Waals surface area contributed by atoms with Crippen molar-refractivity contribution in [1.82, 2.24) is 9.13 Å². The summed E-state index contributed by atoms with van der Waals surface area (Å²) in [5, 5.41) is 25.4. The quantitative estimate of drug-likeness (QED) is 0.199. The molecule has 0 N–H and O–H groups in total.